The van der Waals surface area contributed by atoms with Crippen molar-refractivity contribution in [2.24, 2.45) is 0 Å². The van der Waals surface area contributed by atoms with Gasteiger partial charge in [0.15, 0.2) is 11.5 Å². The van der Waals surface area contributed by atoms with E-state index in [1.54, 1.807) is 13.0 Å². The molecule has 1 heterocycles. The lowest BCUT2D eigenvalue weighted by Crippen LogP contribution is -2.28. The number of cyclic esters (lactones) is 1. The zero-order valence-electron chi connectivity index (χ0n) is 11.8. The van der Waals surface area contributed by atoms with Crippen LogP contribution in [0.2, 0.25) is 0 Å². The van der Waals surface area contributed by atoms with Gasteiger partial charge >= 0.3 is 5.97 Å². The van der Waals surface area contributed by atoms with Crippen molar-refractivity contribution in [1.82, 2.24) is 0 Å². The van der Waals surface area contributed by atoms with Gasteiger partial charge in [0, 0.05) is 6.42 Å². The molecule has 0 saturated heterocycles. The first-order valence-corrected chi connectivity index (χ1v) is 6.80. The van der Waals surface area contributed by atoms with E-state index in [2.05, 4.69) is 0 Å². The molecule has 0 saturated carbocycles. The molecular formula is C15H20O5. The Morgan fingerprint density at radius 1 is 1.50 bits per heavy atom. The fraction of sp³-hybridized carbons (Fsp3) is 0.533. The number of esters is 1. The number of aliphatic hydroxyl groups excluding tert-OH is 1. The molecule has 2 atom stereocenters. The van der Waals surface area contributed by atoms with E-state index < -0.39 is 5.97 Å². The quantitative estimate of drug-likeness (QED) is 0.807. The Balaban J connectivity index is 2.12. The second-order valence-corrected chi connectivity index (χ2v) is 5.16. The number of ether oxygens (including phenoxy) is 2. The summed E-state index contributed by atoms with van der Waals surface area (Å²) in [6.07, 6.45) is 2.32. The molecular weight excluding hydrogens is 260 g/mol. The monoisotopic (exact) mass is 280 g/mol. The Morgan fingerprint density at radius 2 is 2.25 bits per heavy atom. The van der Waals surface area contributed by atoms with Gasteiger partial charge in [0.05, 0.1) is 13.2 Å². The third-order valence-electron chi connectivity index (χ3n) is 3.50. The molecule has 0 aromatic heterocycles. The molecule has 2 rings (SSSR count). The molecule has 1 aromatic carbocycles. The molecule has 5 heteroatoms. The number of rotatable bonds is 5. The van der Waals surface area contributed by atoms with Crippen LogP contribution in [0.25, 0.3) is 0 Å². The fourth-order valence-corrected chi connectivity index (χ4v) is 2.51. The number of hydrogen-bond donors (Lipinski definition) is 2. The third kappa shape index (κ3) is 3.04. The van der Waals surface area contributed by atoms with Gasteiger partial charge in [-0.15, -0.1) is 0 Å². The van der Waals surface area contributed by atoms with Crippen LogP contribution in [0.5, 0.6) is 11.5 Å². The van der Waals surface area contributed by atoms with E-state index >= 15 is 0 Å². The largest absolute Gasteiger partial charge is 0.504 e. The maximum atomic E-state index is 12.1. The lowest BCUT2D eigenvalue weighted by molar-refractivity contribution is 0.0219. The molecule has 1 aliphatic rings. The van der Waals surface area contributed by atoms with Crippen molar-refractivity contribution in [3.8, 4) is 11.5 Å². The van der Waals surface area contributed by atoms with Crippen LogP contribution < -0.4 is 4.74 Å². The number of carbonyl (C=O) groups is 1. The highest BCUT2D eigenvalue weighted by molar-refractivity contribution is 5.96. The van der Waals surface area contributed by atoms with Gasteiger partial charge in [-0.3, -0.25) is 0 Å². The molecule has 0 bridgehead atoms. The minimum Gasteiger partial charge on any atom is -0.504 e. The van der Waals surface area contributed by atoms with E-state index in [-0.39, 0.29) is 23.7 Å². The zero-order valence-corrected chi connectivity index (χ0v) is 11.8. The average Bonchev–Trinajstić information content (AvgIpc) is 2.39. The first-order chi connectivity index (χ1) is 9.52. The minimum absolute atomic E-state index is 0.0595. The number of aromatic hydroxyl groups is 1. The summed E-state index contributed by atoms with van der Waals surface area (Å²) in [5.74, 6) is -0.341. The van der Waals surface area contributed by atoms with E-state index in [1.165, 1.54) is 13.2 Å². The van der Waals surface area contributed by atoms with E-state index in [4.69, 9.17) is 9.47 Å². The zero-order chi connectivity index (χ0) is 14.7. The number of benzene rings is 1. The van der Waals surface area contributed by atoms with Gasteiger partial charge in [-0.25, -0.2) is 4.79 Å². The van der Waals surface area contributed by atoms with Crippen LogP contribution in [0.15, 0.2) is 12.1 Å². The smallest absolute Gasteiger partial charge is 0.342 e. The molecule has 0 unspecified atom stereocenters. The van der Waals surface area contributed by atoms with Crippen molar-refractivity contribution in [2.75, 3.05) is 7.11 Å². The number of methoxy groups -OCH3 is 1. The lowest BCUT2D eigenvalue weighted by Gasteiger charge is -2.26. The summed E-state index contributed by atoms with van der Waals surface area (Å²) in [5, 5.41) is 18.9. The van der Waals surface area contributed by atoms with Crippen molar-refractivity contribution in [2.45, 2.75) is 44.8 Å². The summed E-state index contributed by atoms with van der Waals surface area (Å²) < 4.78 is 10.5. The molecule has 5 nitrogen and oxygen atoms in total. The number of aliphatic hydroxyl groups is 1. The summed E-state index contributed by atoms with van der Waals surface area (Å²) in [4.78, 5) is 12.1. The van der Waals surface area contributed by atoms with Crippen molar-refractivity contribution in [1.29, 1.82) is 0 Å². The second-order valence-electron chi connectivity index (χ2n) is 5.16. The van der Waals surface area contributed by atoms with Gasteiger partial charge in [-0.1, -0.05) is 6.07 Å². The van der Waals surface area contributed by atoms with E-state index in [0.29, 0.717) is 18.4 Å². The van der Waals surface area contributed by atoms with Crippen LogP contribution in [-0.4, -0.2) is 35.5 Å². The first kappa shape index (κ1) is 14.7. The SMILES string of the molecule is COc1c(O)ccc2c1C(=O)O[C@H](CCC[C@@H](C)O)C2. The van der Waals surface area contributed by atoms with Gasteiger partial charge in [0.1, 0.15) is 11.7 Å². The molecule has 0 radical (unpaired) electrons. The van der Waals surface area contributed by atoms with E-state index in [0.717, 1.165) is 18.4 Å². The van der Waals surface area contributed by atoms with Gasteiger partial charge in [-0.05, 0) is 37.8 Å². The number of fused-ring (bicyclic) bond motifs is 1. The predicted octanol–water partition coefficient (Wildman–Crippen LogP) is 2.03. The Labute approximate surface area is 118 Å². The van der Waals surface area contributed by atoms with Crippen LogP contribution in [0.3, 0.4) is 0 Å². The van der Waals surface area contributed by atoms with E-state index in [1.807, 2.05) is 0 Å². The standard InChI is InChI=1S/C15H20O5/c1-9(16)4-3-5-11-8-10-6-7-12(17)14(19-2)13(10)15(18)20-11/h6-7,9,11,16-17H,3-5,8H2,1-2H3/t9-,11-/m1/s1. The Bertz CT molecular complexity index is 495. The summed E-state index contributed by atoms with van der Waals surface area (Å²) in [7, 11) is 1.41. The van der Waals surface area contributed by atoms with Crippen LogP contribution in [0.1, 0.15) is 42.1 Å². The van der Waals surface area contributed by atoms with Gasteiger partial charge in [0.2, 0.25) is 0 Å². The van der Waals surface area contributed by atoms with Crippen LogP contribution in [0.4, 0.5) is 0 Å². The summed E-state index contributed by atoms with van der Waals surface area (Å²) >= 11 is 0. The number of carbonyl (C=O) groups excluding carboxylic acids is 1. The average molecular weight is 280 g/mol. The first-order valence-electron chi connectivity index (χ1n) is 6.80. The molecule has 0 spiro atoms. The second kappa shape index (κ2) is 6.13. The van der Waals surface area contributed by atoms with Crippen LogP contribution in [-0.2, 0) is 11.2 Å². The van der Waals surface area contributed by atoms with Crippen molar-refractivity contribution in [3.05, 3.63) is 23.3 Å². The van der Waals surface area contributed by atoms with Gasteiger partial charge < -0.3 is 19.7 Å². The Hall–Kier alpha value is -1.75. The van der Waals surface area contributed by atoms with Crippen molar-refractivity contribution >= 4 is 5.97 Å². The van der Waals surface area contributed by atoms with Gasteiger partial charge in [-0.2, -0.15) is 0 Å². The number of phenolic OH excluding ortho intramolecular Hbond substituents is 1. The molecule has 0 amide bonds. The van der Waals surface area contributed by atoms with Crippen LogP contribution >= 0.6 is 0 Å². The number of hydrogen-bond acceptors (Lipinski definition) is 5. The molecule has 1 aliphatic heterocycles. The van der Waals surface area contributed by atoms with Crippen LogP contribution in [0, 0.1) is 0 Å². The summed E-state index contributed by atoms with van der Waals surface area (Å²) in [5.41, 5.74) is 1.15. The molecule has 0 aliphatic carbocycles. The topological polar surface area (TPSA) is 76.0 Å². The lowest BCUT2D eigenvalue weighted by atomic mass is 9.94. The Morgan fingerprint density at radius 3 is 2.90 bits per heavy atom. The molecule has 20 heavy (non-hydrogen) atoms. The van der Waals surface area contributed by atoms with Gasteiger partial charge in [0.25, 0.3) is 0 Å². The number of phenols is 1. The molecule has 110 valence electrons. The normalized spacial score (nSPS) is 19.1. The summed E-state index contributed by atoms with van der Waals surface area (Å²) in [6.45, 7) is 1.75. The molecule has 1 aromatic rings. The van der Waals surface area contributed by atoms with Crippen molar-refractivity contribution < 1.29 is 24.5 Å². The Kier molecular flexibility index (Phi) is 4.49. The minimum atomic E-state index is -0.457. The van der Waals surface area contributed by atoms with Crippen molar-refractivity contribution in [3.63, 3.8) is 0 Å². The van der Waals surface area contributed by atoms with E-state index in [9.17, 15) is 15.0 Å². The summed E-state index contributed by atoms with van der Waals surface area (Å²) in [6, 6.07) is 3.26. The maximum absolute atomic E-state index is 12.1. The third-order valence-corrected chi connectivity index (χ3v) is 3.50. The highest BCUT2D eigenvalue weighted by atomic mass is 16.5. The molecule has 2 N–H and O–H groups in total. The maximum Gasteiger partial charge on any atom is 0.342 e. The highest BCUT2D eigenvalue weighted by Crippen LogP contribution is 2.36. The fourth-order valence-electron chi connectivity index (χ4n) is 2.51. The highest BCUT2D eigenvalue weighted by Gasteiger charge is 2.30. The predicted molar refractivity (Wildman–Crippen MR) is 73.1 cm³/mol. The molecule has 0 fully saturated rings.